The lowest BCUT2D eigenvalue weighted by Gasteiger charge is -2.42. The topological polar surface area (TPSA) is 55.4 Å². The third kappa shape index (κ3) is 3.22. The van der Waals surface area contributed by atoms with Crippen molar-refractivity contribution in [2.24, 2.45) is 5.92 Å². The second kappa shape index (κ2) is 3.83. The molecular formula is C11H19NO3. The van der Waals surface area contributed by atoms with Gasteiger partial charge in [0.25, 0.3) is 0 Å². The Morgan fingerprint density at radius 2 is 2.00 bits per heavy atom. The van der Waals surface area contributed by atoms with Crippen LogP contribution in [0.15, 0.2) is 0 Å². The Morgan fingerprint density at radius 1 is 1.47 bits per heavy atom. The summed E-state index contributed by atoms with van der Waals surface area (Å²) in [5, 5.41) is 2.64. The Kier molecular flexibility index (Phi) is 3.07. The zero-order valence-electron chi connectivity index (χ0n) is 9.79. The van der Waals surface area contributed by atoms with Crippen LogP contribution in [0, 0.1) is 5.92 Å². The maximum absolute atomic E-state index is 11.4. The Balaban J connectivity index is 2.47. The molecule has 0 spiro atoms. The summed E-state index contributed by atoms with van der Waals surface area (Å²) in [6, 6.07) is 0. The first-order valence-corrected chi connectivity index (χ1v) is 5.24. The van der Waals surface area contributed by atoms with Gasteiger partial charge in [0, 0.05) is 0 Å². The molecule has 1 amide bonds. The van der Waals surface area contributed by atoms with Gasteiger partial charge >= 0.3 is 6.09 Å². The number of hydrogen-bond donors (Lipinski definition) is 1. The first-order chi connectivity index (χ1) is 6.76. The molecule has 1 rings (SSSR count). The number of hydrogen-bond acceptors (Lipinski definition) is 3. The minimum Gasteiger partial charge on any atom is -0.444 e. The molecule has 0 aromatic rings. The molecule has 1 saturated carbocycles. The number of rotatable bonds is 2. The summed E-state index contributed by atoms with van der Waals surface area (Å²) >= 11 is 0. The molecule has 0 radical (unpaired) electrons. The minimum absolute atomic E-state index is 0.491. The molecule has 1 fully saturated rings. The summed E-state index contributed by atoms with van der Waals surface area (Å²) < 4.78 is 5.10. The molecule has 0 bridgehead atoms. The Labute approximate surface area is 90.4 Å². The molecule has 86 valence electrons. The standard InChI is InChI=1S/C11H19NO3/c1-8-5-11(6-8,7-13)12-9(14)15-10(2,3)4/h7-8H,5-6H2,1-4H3,(H,12,14). The average molecular weight is 213 g/mol. The van der Waals surface area contributed by atoms with Crippen molar-refractivity contribution in [1.29, 1.82) is 0 Å². The van der Waals surface area contributed by atoms with Crippen molar-refractivity contribution < 1.29 is 14.3 Å². The van der Waals surface area contributed by atoms with Gasteiger partial charge in [-0.05, 0) is 39.5 Å². The van der Waals surface area contributed by atoms with E-state index in [1.807, 2.05) is 0 Å². The van der Waals surface area contributed by atoms with Gasteiger partial charge in [-0.15, -0.1) is 0 Å². The normalized spacial score (nSPS) is 30.3. The molecule has 1 aliphatic carbocycles. The molecule has 0 atom stereocenters. The Bertz CT molecular complexity index is 261. The molecule has 4 heteroatoms. The zero-order chi connectivity index (χ0) is 11.7. The van der Waals surface area contributed by atoms with Gasteiger partial charge in [0.05, 0.1) is 5.54 Å². The van der Waals surface area contributed by atoms with E-state index in [4.69, 9.17) is 4.74 Å². The van der Waals surface area contributed by atoms with E-state index in [9.17, 15) is 9.59 Å². The van der Waals surface area contributed by atoms with E-state index in [2.05, 4.69) is 12.2 Å². The number of alkyl carbamates (subject to hydrolysis) is 1. The van der Waals surface area contributed by atoms with Crippen molar-refractivity contribution in [3.05, 3.63) is 0 Å². The van der Waals surface area contributed by atoms with Gasteiger partial charge in [0.1, 0.15) is 11.9 Å². The highest BCUT2D eigenvalue weighted by atomic mass is 16.6. The van der Waals surface area contributed by atoms with Crippen LogP contribution < -0.4 is 5.32 Å². The molecule has 1 N–H and O–H groups in total. The summed E-state index contributed by atoms with van der Waals surface area (Å²) in [6.45, 7) is 7.44. The molecule has 4 nitrogen and oxygen atoms in total. The van der Waals surface area contributed by atoms with Crippen LogP contribution in [0.5, 0.6) is 0 Å². The van der Waals surface area contributed by atoms with E-state index in [-0.39, 0.29) is 0 Å². The summed E-state index contributed by atoms with van der Waals surface area (Å²) in [4.78, 5) is 22.3. The largest absolute Gasteiger partial charge is 0.444 e. The molecule has 0 aromatic heterocycles. The molecule has 0 aromatic carbocycles. The van der Waals surface area contributed by atoms with Crippen LogP contribution in [-0.4, -0.2) is 23.5 Å². The molecule has 0 saturated heterocycles. The quantitative estimate of drug-likeness (QED) is 0.712. The van der Waals surface area contributed by atoms with E-state index < -0.39 is 17.2 Å². The molecule has 1 aliphatic rings. The van der Waals surface area contributed by atoms with Gasteiger partial charge < -0.3 is 14.8 Å². The predicted molar refractivity (Wildman–Crippen MR) is 56.6 cm³/mol. The van der Waals surface area contributed by atoms with Crippen LogP contribution in [0.25, 0.3) is 0 Å². The summed E-state index contributed by atoms with van der Waals surface area (Å²) in [5.74, 6) is 0.491. The zero-order valence-corrected chi connectivity index (χ0v) is 9.79. The number of carbonyl (C=O) groups excluding carboxylic acids is 2. The monoisotopic (exact) mass is 213 g/mol. The van der Waals surface area contributed by atoms with Gasteiger partial charge in [-0.25, -0.2) is 4.79 Å². The molecule has 15 heavy (non-hydrogen) atoms. The fourth-order valence-corrected chi connectivity index (χ4v) is 1.92. The van der Waals surface area contributed by atoms with E-state index >= 15 is 0 Å². The van der Waals surface area contributed by atoms with E-state index in [0.717, 1.165) is 6.29 Å². The van der Waals surface area contributed by atoms with Gasteiger partial charge in [0.2, 0.25) is 0 Å². The number of aldehydes is 1. The van der Waals surface area contributed by atoms with E-state index in [1.54, 1.807) is 20.8 Å². The Hall–Kier alpha value is -1.06. The van der Waals surface area contributed by atoms with Crippen LogP contribution in [0.3, 0.4) is 0 Å². The van der Waals surface area contributed by atoms with Crippen molar-refractivity contribution >= 4 is 12.4 Å². The third-order valence-electron chi connectivity index (χ3n) is 2.40. The van der Waals surface area contributed by atoms with Crippen LogP contribution >= 0.6 is 0 Å². The molecular weight excluding hydrogens is 194 g/mol. The fraction of sp³-hybridized carbons (Fsp3) is 0.818. The number of nitrogens with one attached hydrogen (secondary N) is 1. The van der Waals surface area contributed by atoms with Crippen molar-refractivity contribution in [3.63, 3.8) is 0 Å². The molecule has 0 heterocycles. The number of ether oxygens (including phenoxy) is 1. The van der Waals surface area contributed by atoms with Crippen LogP contribution in [-0.2, 0) is 9.53 Å². The lowest BCUT2D eigenvalue weighted by atomic mass is 9.70. The molecule has 0 unspecified atom stereocenters. The summed E-state index contributed by atoms with van der Waals surface area (Å²) in [6.07, 6.45) is 1.71. The van der Waals surface area contributed by atoms with Crippen molar-refractivity contribution in [3.8, 4) is 0 Å². The SMILES string of the molecule is CC1CC(C=O)(NC(=O)OC(C)(C)C)C1. The smallest absolute Gasteiger partial charge is 0.408 e. The second-order valence-electron chi connectivity index (χ2n) is 5.41. The Morgan fingerprint density at radius 3 is 2.33 bits per heavy atom. The predicted octanol–water partition coefficient (Wildman–Crippen LogP) is 1.88. The maximum Gasteiger partial charge on any atom is 0.408 e. The number of amides is 1. The highest BCUT2D eigenvalue weighted by Gasteiger charge is 2.44. The van der Waals surface area contributed by atoms with Crippen molar-refractivity contribution in [1.82, 2.24) is 5.32 Å². The second-order valence-corrected chi connectivity index (χ2v) is 5.41. The lowest BCUT2D eigenvalue weighted by molar-refractivity contribution is -0.118. The first kappa shape index (κ1) is 12.0. The van der Waals surface area contributed by atoms with Gasteiger partial charge in [-0.1, -0.05) is 6.92 Å². The highest BCUT2D eigenvalue weighted by molar-refractivity contribution is 5.77. The third-order valence-corrected chi connectivity index (χ3v) is 2.40. The van der Waals surface area contributed by atoms with Crippen molar-refractivity contribution in [2.75, 3.05) is 0 Å². The fourth-order valence-electron chi connectivity index (χ4n) is 1.92. The van der Waals surface area contributed by atoms with Gasteiger partial charge in [-0.3, -0.25) is 0 Å². The van der Waals surface area contributed by atoms with Crippen LogP contribution in [0.2, 0.25) is 0 Å². The van der Waals surface area contributed by atoms with Crippen LogP contribution in [0.4, 0.5) is 4.79 Å². The summed E-state index contributed by atoms with van der Waals surface area (Å²) in [7, 11) is 0. The lowest BCUT2D eigenvalue weighted by Crippen LogP contribution is -2.58. The maximum atomic E-state index is 11.4. The van der Waals surface area contributed by atoms with Gasteiger partial charge in [0.15, 0.2) is 0 Å². The van der Waals surface area contributed by atoms with Crippen molar-refractivity contribution in [2.45, 2.75) is 51.7 Å². The summed E-state index contributed by atoms with van der Waals surface area (Å²) in [5.41, 5.74) is -1.20. The highest BCUT2D eigenvalue weighted by Crippen LogP contribution is 2.35. The molecule has 0 aliphatic heterocycles. The van der Waals surface area contributed by atoms with E-state index in [0.29, 0.717) is 18.8 Å². The minimum atomic E-state index is -0.679. The number of carbonyl (C=O) groups is 2. The van der Waals surface area contributed by atoms with Crippen LogP contribution in [0.1, 0.15) is 40.5 Å². The van der Waals surface area contributed by atoms with E-state index in [1.165, 1.54) is 0 Å². The average Bonchev–Trinajstić information content (AvgIpc) is 1.97. The van der Waals surface area contributed by atoms with Gasteiger partial charge in [-0.2, -0.15) is 0 Å². The first-order valence-electron chi connectivity index (χ1n) is 5.24.